The molecule has 2 heterocycles. The molecule has 1 N–H and O–H groups in total. The molecule has 1 aliphatic heterocycles. The normalized spacial score (nSPS) is 17.6. The number of benzene rings is 1. The molecule has 1 aliphatic rings. The van der Waals surface area contributed by atoms with E-state index in [9.17, 15) is 0 Å². The molecule has 1 atom stereocenters. The van der Waals surface area contributed by atoms with E-state index in [1.807, 2.05) is 13.1 Å². The van der Waals surface area contributed by atoms with Gasteiger partial charge in [-0.05, 0) is 25.5 Å². The van der Waals surface area contributed by atoms with Crippen LogP contribution in [0.4, 0.5) is 0 Å². The first-order chi connectivity index (χ1) is 11.7. The number of hydrogen-bond acceptors (Lipinski definition) is 3. The molecule has 0 radical (unpaired) electrons. The summed E-state index contributed by atoms with van der Waals surface area (Å²) in [5.74, 6) is 2.59. The van der Waals surface area contributed by atoms with Crippen LogP contribution in [0.3, 0.4) is 0 Å². The highest BCUT2D eigenvalue weighted by atomic mass is 127. The summed E-state index contributed by atoms with van der Waals surface area (Å²) in [6.07, 6.45) is 1.14. The van der Waals surface area contributed by atoms with Crippen molar-refractivity contribution in [1.82, 2.24) is 19.8 Å². The van der Waals surface area contributed by atoms with Gasteiger partial charge in [-0.3, -0.25) is 4.99 Å². The van der Waals surface area contributed by atoms with Crippen molar-refractivity contribution in [2.45, 2.75) is 19.9 Å². The van der Waals surface area contributed by atoms with Crippen LogP contribution in [0.25, 0.3) is 11.0 Å². The van der Waals surface area contributed by atoms with Gasteiger partial charge in [-0.2, -0.15) is 0 Å². The number of rotatable bonds is 5. The van der Waals surface area contributed by atoms with Crippen LogP contribution in [0, 0.1) is 12.8 Å². The Hall–Kier alpha value is -1.35. The predicted octanol–water partition coefficient (Wildman–Crippen LogP) is 2.51. The van der Waals surface area contributed by atoms with E-state index in [4.69, 9.17) is 4.74 Å². The minimum Gasteiger partial charge on any atom is -0.381 e. The minimum absolute atomic E-state index is 0. The van der Waals surface area contributed by atoms with Crippen molar-refractivity contribution in [3.8, 4) is 0 Å². The number of aliphatic imine (C=N–C) groups is 1. The molecular formula is C18H28IN5O. The molecule has 6 nitrogen and oxygen atoms in total. The zero-order chi connectivity index (χ0) is 16.9. The standard InChI is InChI=1S/C18H27N5O.HI/c1-14-21-16-6-4-5-7-17(16)23(14)10-9-20-18(19-2)22(3)12-15-8-11-24-13-15;/h4-7,15H,8-13H2,1-3H3,(H,19,20);1H. The third-order valence-corrected chi connectivity index (χ3v) is 4.59. The quantitative estimate of drug-likeness (QED) is 0.426. The monoisotopic (exact) mass is 457 g/mol. The number of fused-ring (bicyclic) bond motifs is 1. The maximum absolute atomic E-state index is 5.46. The van der Waals surface area contributed by atoms with Gasteiger partial charge in [0.1, 0.15) is 5.82 Å². The van der Waals surface area contributed by atoms with Gasteiger partial charge in [0.2, 0.25) is 0 Å². The first-order valence-electron chi connectivity index (χ1n) is 8.60. The van der Waals surface area contributed by atoms with Crippen LogP contribution in [-0.4, -0.2) is 60.8 Å². The summed E-state index contributed by atoms with van der Waals surface area (Å²) in [4.78, 5) is 11.2. The summed E-state index contributed by atoms with van der Waals surface area (Å²) in [5.41, 5.74) is 2.24. The third-order valence-electron chi connectivity index (χ3n) is 4.59. The SMILES string of the molecule is CN=C(NCCn1c(C)nc2ccccc21)N(C)CC1CCOC1.I. The number of aryl methyl sites for hydroxylation is 1. The van der Waals surface area contributed by atoms with Crippen molar-refractivity contribution in [3.05, 3.63) is 30.1 Å². The van der Waals surface area contributed by atoms with Crippen LogP contribution in [0.15, 0.2) is 29.3 Å². The first kappa shape index (κ1) is 20.0. The molecule has 7 heteroatoms. The maximum atomic E-state index is 5.46. The summed E-state index contributed by atoms with van der Waals surface area (Å²) >= 11 is 0. The molecule has 1 unspecified atom stereocenters. The largest absolute Gasteiger partial charge is 0.381 e. The molecule has 2 aromatic rings. The fourth-order valence-corrected chi connectivity index (χ4v) is 3.34. The van der Waals surface area contributed by atoms with Crippen LogP contribution >= 0.6 is 24.0 Å². The molecule has 0 spiro atoms. The first-order valence-corrected chi connectivity index (χ1v) is 8.60. The molecule has 0 amide bonds. The number of halogens is 1. The van der Waals surface area contributed by atoms with E-state index in [1.165, 1.54) is 5.52 Å². The molecule has 1 fully saturated rings. The van der Waals surface area contributed by atoms with Crippen molar-refractivity contribution in [2.24, 2.45) is 10.9 Å². The summed E-state index contributed by atoms with van der Waals surface area (Å²) < 4.78 is 7.71. The molecule has 1 aromatic carbocycles. The molecule has 0 bridgehead atoms. The number of nitrogens with one attached hydrogen (secondary N) is 1. The fourth-order valence-electron chi connectivity index (χ4n) is 3.34. The summed E-state index contributed by atoms with van der Waals surface area (Å²) in [6, 6.07) is 8.27. The number of imidazole rings is 1. The van der Waals surface area contributed by atoms with Crippen LogP contribution in [0.5, 0.6) is 0 Å². The average molecular weight is 457 g/mol. The van der Waals surface area contributed by atoms with Gasteiger partial charge in [-0.15, -0.1) is 24.0 Å². The Morgan fingerprint density at radius 2 is 2.24 bits per heavy atom. The van der Waals surface area contributed by atoms with E-state index in [1.54, 1.807) is 0 Å². The Bertz CT molecular complexity index is 709. The van der Waals surface area contributed by atoms with Gasteiger partial charge < -0.3 is 19.5 Å². The van der Waals surface area contributed by atoms with Gasteiger partial charge in [-0.25, -0.2) is 4.98 Å². The van der Waals surface area contributed by atoms with E-state index in [0.29, 0.717) is 5.92 Å². The highest BCUT2D eigenvalue weighted by molar-refractivity contribution is 14.0. The van der Waals surface area contributed by atoms with E-state index < -0.39 is 0 Å². The molecule has 138 valence electrons. The van der Waals surface area contributed by atoms with Gasteiger partial charge >= 0.3 is 0 Å². The highest BCUT2D eigenvalue weighted by Gasteiger charge is 2.19. The van der Waals surface area contributed by atoms with Crippen molar-refractivity contribution in [1.29, 1.82) is 0 Å². The van der Waals surface area contributed by atoms with Gasteiger partial charge in [0.05, 0.1) is 17.6 Å². The van der Waals surface area contributed by atoms with Crippen LogP contribution < -0.4 is 5.32 Å². The lowest BCUT2D eigenvalue weighted by molar-refractivity contribution is 0.181. The average Bonchev–Trinajstić information content (AvgIpc) is 3.19. The Morgan fingerprint density at radius 3 is 2.96 bits per heavy atom. The number of guanidine groups is 1. The molecule has 25 heavy (non-hydrogen) atoms. The second-order valence-electron chi connectivity index (χ2n) is 6.38. The molecular weight excluding hydrogens is 429 g/mol. The lowest BCUT2D eigenvalue weighted by Crippen LogP contribution is -2.42. The highest BCUT2D eigenvalue weighted by Crippen LogP contribution is 2.15. The Morgan fingerprint density at radius 1 is 1.44 bits per heavy atom. The topological polar surface area (TPSA) is 54.7 Å². The van der Waals surface area contributed by atoms with Crippen molar-refractivity contribution in [3.63, 3.8) is 0 Å². The Labute approximate surface area is 166 Å². The smallest absolute Gasteiger partial charge is 0.193 e. The second kappa shape index (κ2) is 9.38. The summed E-state index contributed by atoms with van der Waals surface area (Å²) in [5, 5.41) is 3.46. The van der Waals surface area contributed by atoms with Crippen LogP contribution in [0.1, 0.15) is 12.2 Å². The number of aromatic nitrogens is 2. The van der Waals surface area contributed by atoms with Gasteiger partial charge in [0.25, 0.3) is 0 Å². The van der Waals surface area contributed by atoms with Crippen molar-refractivity contribution < 1.29 is 4.74 Å². The number of hydrogen-bond donors (Lipinski definition) is 1. The predicted molar refractivity (Wildman–Crippen MR) is 113 cm³/mol. The molecule has 0 aliphatic carbocycles. The molecule has 1 saturated heterocycles. The maximum Gasteiger partial charge on any atom is 0.193 e. The van der Waals surface area contributed by atoms with E-state index in [0.717, 1.165) is 56.6 Å². The van der Waals surface area contributed by atoms with Gasteiger partial charge in [-0.1, -0.05) is 12.1 Å². The molecule has 0 saturated carbocycles. The van der Waals surface area contributed by atoms with Gasteiger partial charge in [0, 0.05) is 46.3 Å². The molecule has 3 rings (SSSR count). The van der Waals surface area contributed by atoms with Crippen molar-refractivity contribution in [2.75, 3.05) is 40.4 Å². The third kappa shape index (κ3) is 4.84. The minimum atomic E-state index is 0. The Kier molecular flexibility index (Phi) is 7.49. The van der Waals surface area contributed by atoms with E-state index >= 15 is 0 Å². The van der Waals surface area contributed by atoms with E-state index in [-0.39, 0.29) is 24.0 Å². The zero-order valence-corrected chi connectivity index (χ0v) is 17.6. The lowest BCUT2D eigenvalue weighted by atomic mass is 10.1. The number of ether oxygens (including phenoxy) is 1. The number of para-hydroxylation sites is 2. The van der Waals surface area contributed by atoms with Crippen molar-refractivity contribution >= 4 is 41.0 Å². The van der Waals surface area contributed by atoms with Crippen LogP contribution in [0.2, 0.25) is 0 Å². The van der Waals surface area contributed by atoms with E-state index in [2.05, 4.69) is 56.9 Å². The second-order valence-corrected chi connectivity index (χ2v) is 6.38. The summed E-state index contributed by atoms with van der Waals surface area (Å²) in [7, 11) is 3.92. The fraction of sp³-hybridized carbons (Fsp3) is 0.556. The summed E-state index contributed by atoms with van der Waals surface area (Å²) in [6.45, 7) is 6.47. The number of nitrogens with zero attached hydrogens (tertiary/aromatic N) is 4. The molecule has 1 aromatic heterocycles. The Balaban J connectivity index is 0.00000225. The van der Waals surface area contributed by atoms with Crippen LogP contribution in [-0.2, 0) is 11.3 Å². The zero-order valence-electron chi connectivity index (χ0n) is 15.2. The van der Waals surface area contributed by atoms with Gasteiger partial charge in [0.15, 0.2) is 5.96 Å². The lowest BCUT2D eigenvalue weighted by Gasteiger charge is -2.24.